The number of hydrogen-bond acceptors (Lipinski definition) is 5. The molecule has 4 rings (SSSR count). The van der Waals surface area contributed by atoms with Crippen molar-refractivity contribution in [2.75, 3.05) is 11.9 Å². The molecule has 1 aliphatic rings. The molecule has 0 aromatic heterocycles. The number of ketones is 1. The standard InChI is InChI=1S/C26H23N3O4/c1-3-33-22-14-13-18(16(2)30)15-20(22)25(31)29-24-26(32)27-21-12-8-7-11-19(21)23(28-24)17-9-5-4-6-10-17/h4-15,24H,3H2,1-2H3,(H,27,32)(H,29,31)/t24-/m1/s1. The van der Waals surface area contributed by atoms with Crippen LogP contribution in [0, 0.1) is 0 Å². The number of fused-ring (bicyclic) bond motifs is 1. The van der Waals surface area contributed by atoms with Crippen molar-refractivity contribution in [1.29, 1.82) is 0 Å². The second-order valence-electron chi connectivity index (χ2n) is 7.45. The number of amides is 2. The molecular formula is C26H23N3O4. The summed E-state index contributed by atoms with van der Waals surface area (Å²) >= 11 is 0. The lowest BCUT2D eigenvalue weighted by atomic mass is 10.0. The van der Waals surface area contributed by atoms with E-state index in [0.717, 1.165) is 11.1 Å². The minimum atomic E-state index is -1.18. The molecule has 0 fully saturated rings. The second-order valence-corrected chi connectivity index (χ2v) is 7.45. The number of benzene rings is 3. The van der Waals surface area contributed by atoms with Gasteiger partial charge in [0.05, 0.1) is 23.6 Å². The van der Waals surface area contributed by atoms with E-state index in [2.05, 4.69) is 15.6 Å². The van der Waals surface area contributed by atoms with E-state index in [-0.39, 0.29) is 11.3 Å². The molecule has 33 heavy (non-hydrogen) atoms. The summed E-state index contributed by atoms with van der Waals surface area (Å²) in [6.07, 6.45) is -1.18. The lowest BCUT2D eigenvalue weighted by Crippen LogP contribution is -2.42. The molecule has 2 amide bonds. The number of aliphatic imine (C=N–C) groups is 1. The fourth-order valence-corrected chi connectivity index (χ4v) is 3.59. The summed E-state index contributed by atoms with van der Waals surface area (Å²) in [6, 6.07) is 21.5. The molecule has 7 heteroatoms. The van der Waals surface area contributed by atoms with Crippen LogP contribution in [0.4, 0.5) is 5.69 Å². The van der Waals surface area contributed by atoms with E-state index in [1.165, 1.54) is 13.0 Å². The monoisotopic (exact) mass is 441 g/mol. The molecule has 3 aromatic rings. The van der Waals surface area contributed by atoms with Crippen LogP contribution in [0.3, 0.4) is 0 Å². The molecule has 7 nitrogen and oxygen atoms in total. The van der Waals surface area contributed by atoms with E-state index in [0.29, 0.717) is 29.3 Å². The summed E-state index contributed by atoms with van der Waals surface area (Å²) in [6.45, 7) is 3.56. The van der Waals surface area contributed by atoms with Crippen LogP contribution in [0.1, 0.15) is 45.7 Å². The molecular weight excluding hydrogens is 418 g/mol. The largest absolute Gasteiger partial charge is 0.493 e. The lowest BCUT2D eigenvalue weighted by Gasteiger charge is -2.16. The van der Waals surface area contributed by atoms with Gasteiger partial charge in [0.2, 0.25) is 6.17 Å². The van der Waals surface area contributed by atoms with Gasteiger partial charge in [-0.3, -0.25) is 14.4 Å². The Hall–Kier alpha value is -4.26. The molecule has 0 unspecified atom stereocenters. The molecule has 1 heterocycles. The maximum Gasteiger partial charge on any atom is 0.269 e. The number of carbonyl (C=O) groups excluding carboxylic acids is 3. The molecule has 0 saturated carbocycles. The number of para-hydroxylation sites is 1. The molecule has 166 valence electrons. The first-order valence-corrected chi connectivity index (χ1v) is 10.6. The first-order chi connectivity index (χ1) is 16.0. The van der Waals surface area contributed by atoms with Gasteiger partial charge in [-0.1, -0.05) is 48.5 Å². The third-order valence-electron chi connectivity index (χ3n) is 5.19. The van der Waals surface area contributed by atoms with Crippen molar-refractivity contribution in [3.05, 3.63) is 95.1 Å². The van der Waals surface area contributed by atoms with Gasteiger partial charge in [0, 0.05) is 16.7 Å². The Morgan fingerprint density at radius 1 is 1.03 bits per heavy atom. The number of carbonyl (C=O) groups is 3. The van der Waals surface area contributed by atoms with Gasteiger partial charge in [-0.15, -0.1) is 0 Å². The van der Waals surface area contributed by atoms with E-state index in [1.54, 1.807) is 25.1 Å². The zero-order valence-electron chi connectivity index (χ0n) is 18.3. The van der Waals surface area contributed by atoms with Crippen molar-refractivity contribution in [2.24, 2.45) is 4.99 Å². The van der Waals surface area contributed by atoms with Gasteiger partial charge < -0.3 is 15.4 Å². The Balaban J connectivity index is 1.74. The number of nitrogens with one attached hydrogen (secondary N) is 2. The highest BCUT2D eigenvalue weighted by molar-refractivity contribution is 6.20. The molecule has 0 aliphatic carbocycles. The second kappa shape index (κ2) is 9.48. The summed E-state index contributed by atoms with van der Waals surface area (Å²) in [5, 5.41) is 5.54. The SMILES string of the molecule is CCOc1ccc(C(C)=O)cc1C(=O)N[C@H]1N=C(c2ccccc2)c2ccccc2NC1=O. The number of ether oxygens (including phenoxy) is 1. The van der Waals surface area contributed by atoms with Gasteiger partial charge in [0.15, 0.2) is 5.78 Å². The first-order valence-electron chi connectivity index (χ1n) is 10.6. The molecule has 1 atom stereocenters. The first kappa shape index (κ1) is 22.0. The van der Waals surface area contributed by atoms with Gasteiger partial charge in [0.1, 0.15) is 5.75 Å². The Morgan fingerprint density at radius 2 is 1.76 bits per heavy atom. The van der Waals surface area contributed by atoms with Crippen molar-refractivity contribution < 1.29 is 19.1 Å². The topological polar surface area (TPSA) is 96.9 Å². The Morgan fingerprint density at radius 3 is 2.48 bits per heavy atom. The average Bonchev–Trinajstić information content (AvgIpc) is 2.96. The van der Waals surface area contributed by atoms with Gasteiger partial charge in [-0.25, -0.2) is 4.99 Å². The van der Waals surface area contributed by atoms with Crippen LogP contribution < -0.4 is 15.4 Å². The summed E-state index contributed by atoms with van der Waals surface area (Å²) in [7, 11) is 0. The minimum Gasteiger partial charge on any atom is -0.493 e. The maximum absolute atomic E-state index is 13.2. The highest BCUT2D eigenvalue weighted by Crippen LogP contribution is 2.25. The van der Waals surface area contributed by atoms with Crippen LogP contribution in [0.5, 0.6) is 5.75 Å². The summed E-state index contributed by atoms with van der Waals surface area (Å²) in [5.74, 6) is -0.894. The van der Waals surface area contributed by atoms with Crippen molar-refractivity contribution in [2.45, 2.75) is 20.0 Å². The van der Waals surface area contributed by atoms with Gasteiger partial charge >= 0.3 is 0 Å². The highest BCUT2D eigenvalue weighted by Gasteiger charge is 2.28. The fraction of sp³-hybridized carbons (Fsp3) is 0.154. The zero-order valence-corrected chi connectivity index (χ0v) is 18.3. The van der Waals surface area contributed by atoms with E-state index < -0.39 is 18.0 Å². The molecule has 0 bridgehead atoms. The van der Waals surface area contributed by atoms with Crippen LogP contribution in [0.15, 0.2) is 77.8 Å². The molecule has 3 aromatic carbocycles. The van der Waals surface area contributed by atoms with Gasteiger partial charge in [-0.2, -0.15) is 0 Å². The quantitative estimate of drug-likeness (QED) is 0.568. The van der Waals surface area contributed by atoms with Gasteiger partial charge in [0.25, 0.3) is 11.8 Å². The maximum atomic E-state index is 13.2. The van der Waals surface area contributed by atoms with Crippen molar-refractivity contribution in [1.82, 2.24) is 5.32 Å². The van der Waals surface area contributed by atoms with E-state index >= 15 is 0 Å². The van der Waals surface area contributed by atoms with Crippen molar-refractivity contribution in [3.8, 4) is 5.75 Å². The van der Waals surface area contributed by atoms with Crippen LogP contribution in [0.25, 0.3) is 0 Å². The number of Topliss-reactive ketones (excluding diaryl/α,β-unsaturated/α-hetero) is 1. The third-order valence-corrected chi connectivity index (χ3v) is 5.19. The summed E-state index contributed by atoms with van der Waals surface area (Å²) in [4.78, 5) is 42.7. The fourth-order valence-electron chi connectivity index (χ4n) is 3.59. The average molecular weight is 441 g/mol. The van der Waals surface area contributed by atoms with Gasteiger partial charge in [-0.05, 0) is 38.1 Å². The Bertz CT molecular complexity index is 1250. The predicted octanol–water partition coefficient (Wildman–Crippen LogP) is 3.83. The zero-order chi connectivity index (χ0) is 23.4. The molecule has 1 aliphatic heterocycles. The van der Waals surface area contributed by atoms with E-state index in [9.17, 15) is 14.4 Å². The number of nitrogens with zero attached hydrogens (tertiary/aromatic N) is 1. The number of hydrogen-bond donors (Lipinski definition) is 2. The molecule has 0 saturated heterocycles. The van der Waals surface area contributed by atoms with Crippen LogP contribution in [0.2, 0.25) is 0 Å². The van der Waals surface area contributed by atoms with Crippen LogP contribution >= 0.6 is 0 Å². The van der Waals surface area contributed by atoms with Crippen LogP contribution in [-0.4, -0.2) is 36.1 Å². The highest BCUT2D eigenvalue weighted by atomic mass is 16.5. The third kappa shape index (κ3) is 4.67. The normalized spacial score (nSPS) is 14.9. The Kier molecular flexibility index (Phi) is 6.31. The predicted molar refractivity (Wildman–Crippen MR) is 126 cm³/mol. The molecule has 2 N–H and O–H groups in total. The summed E-state index contributed by atoms with van der Waals surface area (Å²) < 4.78 is 5.57. The van der Waals surface area contributed by atoms with Crippen molar-refractivity contribution >= 4 is 29.0 Å². The van der Waals surface area contributed by atoms with E-state index in [4.69, 9.17) is 4.74 Å². The van der Waals surface area contributed by atoms with Crippen molar-refractivity contribution in [3.63, 3.8) is 0 Å². The number of rotatable bonds is 6. The smallest absolute Gasteiger partial charge is 0.269 e. The molecule has 0 spiro atoms. The number of benzodiazepines with no additional fused rings is 1. The number of anilines is 1. The Labute approximate surface area is 191 Å². The van der Waals surface area contributed by atoms with Crippen LogP contribution in [-0.2, 0) is 4.79 Å². The minimum absolute atomic E-state index is 0.163. The summed E-state index contributed by atoms with van der Waals surface area (Å²) in [5.41, 5.74) is 3.29. The lowest BCUT2D eigenvalue weighted by molar-refractivity contribution is -0.117. The van der Waals surface area contributed by atoms with E-state index in [1.807, 2.05) is 48.5 Å². The molecule has 0 radical (unpaired) electrons.